The van der Waals surface area contributed by atoms with Crippen molar-refractivity contribution in [2.75, 3.05) is 0 Å². The van der Waals surface area contributed by atoms with Gasteiger partial charge >= 0.3 is 0 Å². The number of rotatable bonds is 7. The van der Waals surface area contributed by atoms with E-state index in [0.29, 0.717) is 34.9 Å². The maximum Gasteiger partial charge on any atom is 0.202 e. The molecular weight excluding hydrogens is 973 g/mol. The summed E-state index contributed by atoms with van der Waals surface area (Å²) in [5, 5.41) is 11.6. The molecule has 0 saturated heterocycles. The molecule has 0 unspecified atom stereocenters. The van der Waals surface area contributed by atoms with Crippen molar-refractivity contribution in [2.45, 2.75) is 0 Å². The number of fused-ring (bicyclic) bond motifs is 9. The van der Waals surface area contributed by atoms with Gasteiger partial charge in [0.05, 0.1) is 0 Å². The molecule has 0 aliphatic heterocycles. The van der Waals surface area contributed by atoms with Crippen LogP contribution >= 0.6 is 0 Å². The minimum absolute atomic E-state index is 0.336. The maximum absolute atomic E-state index is 5.48. The van der Waals surface area contributed by atoms with Crippen LogP contribution in [0.4, 0.5) is 0 Å². The molecule has 6 heteroatoms. The second-order valence-electron chi connectivity index (χ2n) is 21.0. The van der Waals surface area contributed by atoms with Crippen LogP contribution in [-0.2, 0) is 0 Å². The molecule has 0 atom stereocenters. The smallest absolute Gasteiger partial charge is 0.202 e. The van der Waals surface area contributed by atoms with Gasteiger partial charge in [0.15, 0.2) is 23.3 Å². The molecule has 0 fully saturated rings. The van der Waals surface area contributed by atoms with Crippen LogP contribution in [0, 0.1) is 0 Å². The van der Waals surface area contributed by atoms with Crippen molar-refractivity contribution < 1.29 is 0 Å². The Labute approximate surface area is 460 Å². The maximum atomic E-state index is 5.48. The molecule has 0 spiro atoms. The molecule has 6 nitrogen and oxygen atoms in total. The molecule has 0 radical (unpaired) electrons. The summed E-state index contributed by atoms with van der Waals surface area (Å²) in [4.78, 5) is 32.1. The normalized spacial score (nSPS) is 12.0. The third-order valence-corrected chi connectivity index (χ3v) is 16.4. The van der Waals surface area contributed by atoms with Gasteiger partial charge in [-0.15, -0.1) is 0 Å². The van der Waals surface area contributed by atoms with Crippen molar-refractivity contribution in [1.29, 1.82) is 0 Å². The second-order valence-corrected chi connectivity index (χ2v) is 21.0. The summed E-state index contributed by atoms with van der Waals surface area (Å²) >= 11 is 0. The first-order valence-electron chi connectivity index (χ1n) is 27.1. The average molecular weight is 1020 g/mol. The lowest BCUT2D eigenvalue weighted by Gasteiger charge is -2.16. The molecule has 17 rings (SSSR count). The number of hydrogen-bond acceptors (Lipinski definition) is 6. The number of benzene rings is 13. The highest BCUT2D eigenvalue weighted by Crippen LogP contribution is 2.52. The Bertz CT molecular complexity index is 4850. The first-order chi connectivity index (χ1) is 39.6. The molecule has 80 heavy (non-hydrogen) atoms. The van der Waals surface area contributed by atoms with Crippen LogP contribution in [-0.4, -0.2) is 29.9 Å². The van der Waals surface area contributed by atoms with Crippen LogP contribution < -0.4 is 0 Å². The van der Waals surface area contributed by atoms with E-state index in [1.807, 2.05) is 0 Å². The van der Waals surface area contributed by atoms with E-state index in [0.717, 1.165) is 76.8 Å². The zero-order valence-electron chi connectivity index (χ0n) is 42.9. The van der Waals surface area contributed by atoms with Crippen LogP contribution in [0.15, 0.2) is 255 Å². The lowest BCUT2D eigenvalue weighted by atomic mass is 9.89. The van der Waals surface area contributed by atoms with Crippen LogP contribution in [0.3, 0.4) is 0 Å². The monoisotopic (exact) mass is 1010 g/mol. The molecule has 15 aromatic rings. The highest BCUT2D eigenvalue weighted by Gasteiger charge is 2.26. The first-order valence-corrected chi connectivity index (χ1v) is 27.1. The molecule has 368 valence electrons. The van der Waals surface area contributed by atoms with E-state index in [9.17, 15) is 0 Å². The van der Waals surface area contributed by atoms with Gasteiger partial charge in [0.2, 0.25) is 11.6 Å². The van der Waals surface area contributed by atoms with Gasteiger partial charge in [-0.1, -0.05) is 218 Å². The zero-order valence-corrected chi connectivity index (χ0v) is 42.9. The summed E-state index contributed by atoms with van der Waals surface area (Å²) in [5.74, 6) is 2.72. The van der Waals surface area contributed by atoms with Gasteiger partial charge in [0.1, 0.15) is 0 Å². The second kappa shape index (κ2) is 17.3. The van der Waals surface area contributed by atoms with E-state index in [4.69, 9.17) is 29.9 Å². The molecule has 0 saturated carbocycles. The number of hydrogen-bond donors (Lipinski definition) is 0. The Kier molecular flexibility index (Phi) is 9.61. The fourth-order valence-electron chi connectivity index (χ4n) is 12.6. The molecule has 2 heterocycles. The highest BCUT2D eigenvalue weighted by atomic mass is 15.1. The van der Waals surface area contributed by atoms with Gasteiger partial charge in [0.25, 0.3) is 0 Å². The van der Waals surface area contributed by atoms with Crippen molar-refractivity contribution in [2.24, 2.45) is 0 Å². The van der Waals surface area contributed by atoms with Crippen LogP contribution in [0.2, 0.25) is 0 Å². The fourth-order valence-corrected chi connectivity index (χ4v) is 12.6. The van der Waals surface area contributed by atoms with E-state index in [2.05, 4.69) is 255 Å². The van der Waals surface area contributed by atoms with Gasteiger partial charge in [-0.3, -0.25) is 0 Å². The van der Waals surface area contributed by atoms with Crippen LogP contribution in [0.1, 0.15) is 0 Å². The van der Waals surface area contributed by atoms with Crippen molar-refractivity contribution in [3.8, 4) is 124 Å². The Morgan fingerprint density at radius 2 is 0.450 bits per heavy atom. The fraction of sp³-hybridized carbons (Fsp3) is 0. The van der Waals surface area contributed by atoms with Crippen molar-refractivity contribution in [3.05, 3.63) is 255 Å². The quantitative estimate of drug-likeness (QED) is 0.158. The minimum Gasteiger partial charge on any atom is -0.208 e. The molecule has 2 aliphatic carbocycles. The standard InChI is InChI=1S/C74H42N6/c1-4-16-46-37-49(30-27-43(46)13-1)69-75-70(50-31-28-44-14-2-5-17-47(44)38-50)78-73(77-69)74-79-71(51-32-29-45-15-3-6-18-48(45)39-51)76-72(80-74)54-41-52(55-33-35-65-59-21-9-7-19-57(59)63-25-11-23-61(55)67(63)65)40-53(42-54)56-34-36-66-60-22-10-8-20-58(60)64-26-12-24-62(56)68(64)66/h1-42H. The molecule has 0 bridgehead atoms. The van der Waals surface area contributed by atoms with E-state index in [-0.39, 0.29) is 0 Å². The van der Waals surface area contributed by atoms with E-state index in [1.54, 1.807) is 0 Å². The summed E-state index contributed by atoms with van der Waals surface area (Å²) in [7, 11) is 0. The molecular formula is C74H42N6. The summed E-state index contributed by atoms with van der Waals surface area (Å²) in [5.41, 5.74) is 17.8. The third kappa shape index (κ3) is 6.99. The summed E-state index contributed by atoms with van der Waals surface area (Å²) < 4.78 is 0. The average Bonchev–Trinajstić information content (AvgIpc) is 4.26. The molecule has 2 aliphatic rings. The zero-order chi connectivity index (χ0) is 52.4. The topological polar surface area (TPSA) is 77.3 Å². The lowest BCUT2D eigenvalue weighted by Crippen LogP contribution is -2.06. The van der Waals surface area contributed by atoms with E-state index < -0.39 is 0 Å². The van der Waals surface area contributed by atoms with Gasteiger partial charge in [-0.05, 0) is 157 Å². The van der Waals surface area contributed by atoms with Gasteiger partial charge in [-0.2, -0.15) is 0 Å². The summed E-state index contributed by atoms with van der Waals surface area (Å²) in [6.45, 7) is 0. The number of aromatic nitrogens is 6. The predicted molar refractivity (Wildman–Crippen MR) is 328 cm³/mol. The molecule has 13 aromatic carbocycles. The van der Waals surface area contributed by atoms with Crippen molar-refractivity contribution in [1.82, 2.24) is 29.9 Å². The Hall–Kier alpha value is -10.8. The first kappa shape index (κ1) is 44.3. The summed E-state index contributed by atoms with van der Waals surface area (Å²) in [6, 6.07) is 91.1. The predicted octanol–water partition coefficient (Wildman–Crippen LogP) is 18.8. The molecule has 0 amide bonds. The molecule has 0 N–H and O–H groups in total. The van der Waals surface area contributed by atoms with Gasteiger partial charge in [-0.25, -0.2) is 29.9 Å². The largest absolute Gasteiger partial charge is 0.208 e. The van der Waals surface area contributed by atoms with Gasteiger partial charge < -0.3 is 0 Å². The lowest BCUT2D eigenvalue weighted by molar-refractivity contribution is 1.00. The SMILES string of the molecule is c1ccc2c(c1)-c1cccc3c(-c4cc(-c5nc(-c6ccc7ccccc7c6)nc(-c6nc(-c7ccc8ccccc8c7)nc(-c7ccc8ccccc8c7)n6)n5)cc(-c5ccc6c7c(cccc57)-c5ccccc5-6)c4)ccc-2c13. The summed E-state index contributed by atoms with van der Waals surface area (Å²) in [6.07, 6.45) is 0. The highest BCUT2D eigenvalue weighted by molar-refractivity contribution is 6.20. The Morgan fingerprint density at radius 3 is 0.838 bits per heavy atom. The van der Waals surface area contributed by atoms with Crippen LogP contribution in [0.5, 0.6) is 0 Å². The van der Waals surface area contributed by atoms with E-state index >= 15 is 0 Å². The Morgan fingerprint density at radius 1 is 0.163 bits per heavy atom. The molecule has 2 aromatic heterocycles. The number of nitrogens with zero attached hydrogens (tertiary/aromatic N) is 6. The van der Waals surface area contributed by atoms with Crippen molar-refractivity contribution >= 4 is 53.9 Å². The van der Waals surface area contributed by atoms with Crippen molar-refractivity contribution in [3.63, 3.8) is 0 Å². The Balaban J connectivity index is 0.924. The third-order valence-electron chi connectivity index (χ3n) is 16.4. The van der Waals surface area contributed by atoms with Gasteiger partial charge in [0, 0.05) is 22.3 Å². The van der Waals surface area contributed by atoms with E-state index in [1.165, 1.54) is 66.1 Å². The van der Waals surface area contributed by atoms with Crippen LogP contribution in [0.25, 0.3) is 178 Å². The minimum atomic E-state index is 0.336.